The molecule has 1 aromatic rings. The third-order valence-corrected chi connectivity index (χ3v) is 2.86. The number of carbonyl (C=O) groups excluding carboxylic acids is 2. The predicted molar refractivity (Wildman–Crippen MR) is 58.7 cm³/mol. The van der Waals surface area contributed by atoms with Crippen LogP contribution in [-0.4, -0.2) is 38.2 Å². The average molecular weight is 285 g/mol. The number of hydrogen-bond acceptors (Lipinski definition) is 4. The molecular formula is C9H9BrN4O2. The van der Waals surface area contributed by atoms with E-state index in [0.29, 0.717) is 5.33 Å². The molecule has 2 heterocycles. The largest absolute Gasteiger partial charge is 0.325 e. The van der Waals surface area contributed by atoms with Crippen LogP contribution >= 0.6 is 15.9 Å². The molecule has 6 nitrogen and oxygen atoms in total. The summed E-state index contributed by atoms with van der Waals surface area (Å²) in [5, 5.41) is 2.99. The second kappa shape index (κ2) is 4.56. The number of carbonyl (C=O) groups is 2. The summed E-state index contributed by atoms with van der Waals surface area (Å²) in [6.07, 6.45) is 4.56. The van der Waals surface area contributed by atoms with Crippen molar-refractivity contribution in [1.82, 2.24) is 20.2 Å². The Morgan fingerprint density at radius 1 is 1.38 bits per heavy atom. The van der Waals surface area contributed by atoms with Crippen LogP contribution in [0.15, 0.2) is 18.7 Å². The fourth-order valence-electron chi connectivity index (χ4n) is 1.43. The molecule has 84 valence electrons. The number of aromatic nitrogens is 2. The number of alkyl halides is 1. The van der Waals surface area contributed by atoms with Crippen molar-refractivity contribution >= 4 is 27.9 Å². The minimum atomic E-state index is -0.475. The highest BCUT2D eigenvalue weighted by atomic mass is 79.9. The molecule has 1 aliphatic heterocycles. The standard InChI is InChI=1S/C9H9BrN4O2/c10-1-7-8(15)14(9(16)13-7)4-6-2-11-5-12-3-6/h2-3,5,7H,1,4H2,(H,13,16). The minimum absolute atomic E-state index is 0.203. The van der Waals surface area contributed by atoms with Gasteiger partial charge in [0.25, 0.3) is 5.91 Å². The van der Waals surface area contributed by atoms with Gasteiger partial charge in [0.2, 0.25) is 0 Å². The number of nitrogens with one attached hydrogen (secondary N) is 1. The summed E-state index contributed by atoms with van der Waals surface area (Å²) in [6.45, 7) is 0.203. The third-order valence-electron chi connectivity index (χ3n) is 2.22. The molecule has 0 aromatic carbocycles. The van der Waals surface area contributed by atoms with Gasteiger partial charge < -0.3 is 5.32 Å². The van der Waals surface area contributed by atoms with Crippen LogP contribution in [0.5, 0.6) is 0 Å². The van der Waals surface area contributed by atoms with Crippen molar-refractivity contribution in [2.45, 2.75) is 12.6 Å². The van der Waals surface area contributed by atoms with Gasteiger partial charge in [-0.05, 0) is 0 Å². The van der Waals surface area contributed by atoms with Crippen molar-refractivity contribution in [1.29, 1.82) is 0 Å². The fraction of sp³-hybridized carbons (Fsp3) is 0.333. The van der Waals surface area contributed by atoms with E-state index in [1.54, 1.807) is 12.4 Å². The Morgan fingerprint density at radius 3 is 2.62 bits per heavy atom. The van der Waals surface area contributed by atoms with Crippen LogP contribution in [0, 0.1) is 0 Å². The molecule has 0 bridgehead atoms. The zero-order valence-corrected chi connectivity index (χ0v) is 9.85. The summed E-state index contributed by atoms with van der Waals surface area (Å²) in [5.41, 5.74) is 0.723. The van der Waals surface area contributed by atoms with Crippen molar-refractivity contribution < 1.29 is 9.59 Å². The smallest absolute Gasteiger partial charge is 0.325 e. The first-order valence-electron chi connectivity index (χ1n) is 4.64. The molecule has 1 fully saturated rings. The molecule has 1 N–H and O–H groups in total. The fourth-order valence-corrected chi connectivity index (χ4v) is 1.86. The molecule has 0 radical (unpaired) electrons. The van der Waals surface area contributed by atoms with Crippen molar-refractivity contribution in [2.75, 3.05) is 5.33 Å². The van der Waals surface area contributed by atoms with Gasteiger partial charge in [-0.3, -0.25) is 9.69 Å². The molecule has 0 spiro atoms. The molecule has 1 unspecified atom stereocenters. The Bertz CT molecular complexity index is 411. The minimum Gasteiger partial charge on any atom is -0.325 e. The van der Waals surface area contributed by atoms with Crippen molar-refractivity contribution in [3.63, 3.8) is 0 Å². The van der Waals surface area contributed by atoms with E-state index in [1.165, 1.54) is 6.33 Å². The molecule has 1 atom stereocenters. The van der Waals surface area contributed by atoms with Crippen LogP contribution in [0.4, 0.5) is 4.79 Å². The first-order chi connectivity index (χ1) is 7.72. The normalized spacial score (nSPS) is 20.1. The number of halogens is 1. The van der Waals surface area contributed by atoms with Gasteiger partial charge >= 0.3 is 6.03 Å². The maximum absolute atomic E-state index is 11.7. The summed E-state index contributed by atoms with van der Waals surface area (Å²) in [6, 6.07) is -0.851. The van der Waals surface area contributed by atoms with Crippen molar-refractivity contribution in [2.24, 2.45) is 0 Å². The topological polar surface area (TPSA) is 75.2 Å². The van der Waals surface area contributed by atoms with Crippen LogP contribution in [-0.2, 0) is 11.3 Å². The van der Waals surface area contributed by atoms with Gasteiger partial charge in [-0.25, -0.2) is 14.8 Å². The third kappa shape index (κ3) is 2.04. The highest BCUT2D eigenvalue weighted by molar-refractivity contribution is 9.09. The van der Waals surface area contributed by atoms with Crippen molar-refractivity contribution in [3.8, 4) is 0 Å². The lowest BCUT2D eigenvalue weighted by atomic mass is 10.3. The van der Waals surface area contributed by atoms with Crippen molar-refractivity contribution in [3.05, 3.63) is 24.3 Å². The lowest BCUT2D eigenvalue weighted by molar-refractivity contribution is -0.127. The van der Waals surface area contributed by atoms with E-state index in [9.17, 15) is 9.59 Å². The molecular weight excluding hydrogens is 276 g/mol. The van der Waals surface area contributed by atoms with E-state index >= 15 is 0 Å². The second-order valence-corrected chi connectivity index (χ2v) is 3.97. The van der Waals surface area contributed by atoms with Gasteiger partial charge in [-0.2, -0.15) is 0 Å². The summed E-state index contributed by atoms with van der Waals surface area (Å²) in [5.74, 6) is -0.231. The molecule has 0 saturated carbocycles. The van der Waals surface area contributed by atoms with Gasteiger partial charge in [-0.1, -0.05) is 15.9 Å². The quantitative estimate of drug-likeness (QED) is 0.640. The molecule has 2 rings (SSSR count). The van der Waals surface area contributed by atoms with Crippen LogP contribution in [0.1, 0.15) is 5.56 Å². The molecule has 0 aliphatic carbocycles. The SMILES string of the molecule is O=C1NC(CBr)C(=O)N1Cc1cncnc1. The average Bonchev–Trinajstić information content (AvgIpc) is 2.58. The number of rotatable bonds is 3. The van der Waals surface area contributed by atoms with E-state index < -0.39 is 6.04 Å². The van der Waals surface area contributed by atoms with E-state index in [2.05, 4.69) is 31.2 Å². The zero-order chi connectivity index (χ0) is 11.5. The highest BCUT2D eigenvalue weighted by Gasteiger charge is 2.37. The molecule has 1 saturated heterocycles. The maximum Gasteiger partial charge on any atom is 0.325 e. The summed E-state index contributed by atoms with van der Waals surface area (Å²) in [4.78, 5) is 32.0. The molecule has 3 amide bonds. The van der Waals surface area contributed by atoms with Crippen LogP contribution in [0.25, 0.3) is 0 Å². The van der Waals surface area contributed by atoms with E-state index in [0.717, 1.165) is 10.5 Å². The number of hydrogen-bond donors (Lipinski definition) is 1. The van der Waals surface area contributed by atoms with Gasteiger partial charge in [0.1, 0.15) is 12.4 Å². The van der Waals surface area contributed by atoms with E-state index in [4.69, 9.17) is 0 Å². The first kappa shape index (κ1) is 11.0. The summed E-state index contributed by atoms with van der Waals surface area (Å²) in [7, 11) is 0. The molecule has 1 aliphatic rings. The lowest BCUT2D eigenvalue weighted by Crippen LogP contribution is -2.31. The predicted octanol–water partition coefficient (Wildman–Crippen LogP) is 0.292. The number of urea groups is 1. The van der Waals surface area contributed by atoms with Crippen LogP contribution in [0.2, 0.25) is 0 Å². The Labute approximate surface area is 100 Å². The van der Waals surface area contributed by atoms with Crippen LogP contribution in [0.3, 0.4) is 0 Å². The van der Waals surface area contributed by atoms with Gasteiger partial charge in [-0.15, -0.1) is 0 Å². The molecule has 16 heavy (non-hydrogen) atoms. The Hall–Kier alpha value is -1.50. The van der Waals surface area contributed by atoms with Gasteiger partial charge in [0, 0.05) is 23.3 Å². The van der Waals surface area contributed by atoms with E-state index in [1.807, 2.05) is 0 Å². The summed E-state index contributed by atoms with van der Waals surface area (Å²) >= 11 is 3.17. The van der Waals surface area contributed by atoms with Gasteiger partial charge in [0.05, 0.1) is 6.54 Å². The van der Waals surface area contributed by atoms with E-state index in [-0.39, 0.29) is 18.5 Å². The van der Waals surface area contributed by atoms with Gasteiger partial charge in [0.15, 0.2) is 0 Å². The lowest BCUT2D eigenvalue weighted by Gasteiger charge is -2.11. The highest BCUT2D eigenvalue weighted by Crippen LogP contribution is 2.11. The first-order valence-corrected chi connectivity index (χ1v) is 5.76. The summed E-state index contributed by atoms with van der Waals surface area (Å²) < 4.78 is 0. The molecule has 7 heteroatoms. The monoisotopic (exact) mass is 284 g/mol. The second-order valence-electron chi connectivity index (χ2n) is 3.33. The number of nitrogens with zero attached hydrogens (tertiary/aromatic N) is 3. The van der Waals surface area contributed by atoms with Crippen LogP contribution < -0.4 is 5.32 Å². The Balaban J connectivity index is 2.11. The zero-order valence-electron chi connectivity index (χ0n) is 8.26. The molecule has 1 aromatic heterocycles. The Morgan fingerprint density at radius 2 is 2.06 bits per heavy atom. The maximum atomic E-state index is 11.7. The number of imide groups is 1. The number of amides is 3. The Kier molecular flexibility index (Phi) is 3.14.